The molecule has 1 aromatic heterocycles. The van der Waals surface area contributed by atoms with Crippen molar-refractivity contribution >= 4 is 21.5 Å². The monoisotopic (exact) mass is 375 g/mol. The van der Waals surface area contributed by atoms with E-state index in [1.165, 1.54) is 36.6 Å². The third-order valence-corrected chi connectivity index (χ3v) is 4.75. The number of fused-ring (bicyclic) bond motifs is 1. The lowest BCUT2D eigenvalue weighted by atomic mass is 10.3. The van der Waals surface area contributed by atoms with Crippen molar-refractivity contribution in [3.63, 3.8) is 0 Å². The number of hydrogen-bond donors (Lipinski definition) is 2. The van der Waals surface area contributed by atoms with Gasteiger partial charge < -0.3 is 25.1 Å². The van der Waals surface area contributed by atoms with Crippen LogP contribution in [0.25, 0.3) is 0 Å². The Kier molecular flexibility index (Phi) is 5.54. The molecule has 1 aromatic carbocycles. The van der Waals surface area contributed by atoms with Gasteiger partial charge in [-0.2, -0.15) is 8.42 Å². The first-order chi connectivity index (χ1) is 11.0. The summed E-state index contributed by atoms with van der Waals surface area (Å²) in [6, 6.07) is 4.05. The molecule has 0 bridgehead atoms. The minimum Gasteiger partial charge on any atom is -0.495 e. The molecule has 24 heavy (non-hydrogen) atoms. The van der Waals surface area contributed by atoms with Crippen molar-refractivity contribution in [1.82, 2.24) is 6.15 Å². The SMILES string of the molecule is COc1cc(OCC2COc3cscc3O2)ccc1S(=O)(=O)O.N. The van der Waals surface area contributed by atoms with Crippen molar-refractivity contribution in [2.24, 2.45) is 0 Å². The van der Waals surface area contributed by atoms with Gasteiger partial charge in [0.25, 0.3) is 10.1 Å². The molecule has 0 saturated heterocycles. The van der Waals surface area contributed by atoms with E-state index in [1.807, 2.05) is 10.8 Å². The largest absolute Gasteiger partial charge is 0.495 e. The van der Waals surface area contributed by atoms with E-state index >= 15 is 0 Å². The molecule has 0 fully saturated rings. The second-order valence-corrected chi connectivity index (χ2v) is 6.88. The first-order valence-corrected chi connectivity index (χ1v) is 8.99. The van der Waals surface area contributed by atoms with Gasteiger partial charge in [-0.3, -0.25) is 4.55 Å². The molecular formula is C14H17NO7S2. The zero-order valence-corrected chi connectivity index (χ0v) is 14.4. The molecule has 132 valence electrons. The Labute approximate surface area is 143 Å². The quantitative estimate of drug-likeness (QED) is 0.763. The highest BCUT2D eigenvalue weighted by atomic mass is 32.2. The summed E-state index contributed by atoms with van der Waals surface area (Å²) in [7, 11) is -3.04. The Hall–Kier alpha value is -2.01. The summed E-state index contributed by atoms with van der Waals surface area (Å²) < 4.78 is 53.4. The molecule has 8 nitrogen and oxygen atoms in total. The van der Waals surface area contributed by atoms with Crippen LogP contribution in [0.5, 0.6) is 23.0 Å². The molecule has 10 heteroatoms. The summed E-state index contributed by atoms with van der Waals surface area (Å²) in [6.45, 7) is 0.591. The van der Waals surface area contributed by atoms with Crippen LogP contribution in [-0.2, 0) is 10.1 Å². The summed E-state index contributed by atoms with van der Waals surface area (Å²) in [4.78, 5) is -0.312. The maximum Gasteiger partial charge on any atom is 0.298 e. The average molecular weight is 375 g/mol. The third-order valence-electron chi connectivity index (χ3n) is 3.16. The molecule has 1 aliphatic rings. The van der Waals surface area contributed by atoms with Crippen molar-refractivity contribution in [3.05, 3.63) is 29.0 Å². The van der Waals surface area contributed by atoms with Crippen molar-refractivity contribution in [2.45, 2.75) is 11.0 Å². The van der Waals surface area contributed by atoms with E-state index < -0.39 is 10.1 Å². The highest BCUT2D eigenvalue weighted by Crippen LogP contribution is 2.35. The summed E-state index contributed by atoms with van der Waals surface area (Å²) in [5.41, 5.74) is 0. The van der Waals surface area contributed by atoms with Crippen molar-refractivity contribution < 1.29 is 31.9 Å². The second kappa shape index (κ2) is 7.26. The molecule has 0 aliphatic carbocycles. The van der Waals surface area contributed by atoms with Crippen LogP contribution < -0.4 is 25.1 Å². The maximum atomic E-state index is 11.2. The van der Waals surface area contributed by atoms with Crippen LogP contribution in [0, 0.1) is 0 Å². The Morgan fingerprint density at radius 3 is 2.79 bits per heavy atom. The smallest absolute Gasteiger partial charge is 0.298 e. The molecule has 0 amide bonds. The van der Waals surface area contributed by atoms with Gasteiger partial charge >= 0.3 is 0 Å². The van der Waals surface area contributed by atoms with Gasteiger partial charge in [0.1, 0.15) is 29.6 Å². The van der Waals surface area contributed by atoms with E-state index in [9.17, 15) is 8.42 Å². The molecule has 1 atom stereocenters. The first kappa shape index (κ1) is 18.3. The lowest BCUT2D eigenvalue weighted by Gasteiger charge is -2.24. The standard InChI is InChI=1S/C14H14O7S2.H3N/c1-18-11-4-9(2-3-14(11)23(15,16)17)19-5-10-6-20-12-7-22-8-13(12)21-10;/h2-4,7-8,10H,5-6H2,1H3,(H,15,16,17);1H3. The molecule has 3 rings (SSSR count). The van der Waals surface area contributed by atoms with Crippen LogP contribution in [0.15, 0.2) is 33.9 Å². The highest BCUT2D eigenvalue weighted by molar-refractivity contribution is 7.86. The zero-order valence-electron chi connectivity index (χ0n) is 12.8. The lowest BCUT2D eigenvalue weighted by molar-refractivity contribution is 0.0545. The minimum absolute atomic E-state index is 0. The maximum absolute atomic E-state index is 11.2. The Balaban J connectivity index is 0.00000208. The van der Waals surface area contributed by atoms with Gasteiger partial charge in [0.2, 0.25) is 0 Å². The van der Waals surface area contributed by atoms with Crippen LogP contribution in [0.3, 0.4) is 0 Å². The molecule has 1 unspecified atom stereocenters. The van der Waals surface area contributed by atoms with Crippen LogP contribution in [0.2, 0.25) is 0 Å². The highest BCUT2D eigenvalue weighted by Gasteiger charge is 2.23. The predicted octanol–water partition coefficient (Wildman–Crippen LogP) is 2.38. The summed E-state index contributed by atoms with van der Waals surface area (Å²) in [6.07, 6.45) is -0.274. The second-order valence-electron chi connectivity index (χ2n) is 4.75. The van der Waals surface area contributed by atoms with Gasteiger partial charge in [-0.05, 0) is 12.1 Å². The van der Waals surface area contributed by atoms with Crippen LogP contribution in [0.4, 0.5) is 0 Å². The number of hydrogen-bond acceptors (Lipinski definition) is 8. The number of ether oxygens (including phenoxy) is 4. The van der Waals surface area contributed by atoms with Gasteiger partial charge in [0.05, 0.1) is 7.11 Å². The fourth-order valence-electron chi connectivity index (χ4n) is 2.08. The van der Waals surface area contributed by atoms with Crippen molar-refractivity contribution in [3.8, 4) is 23.0 Å². The van der Waals surface area contributed by atoms with E-state index in [-0.39, 0.29) is 29.5 Å². The molecule has 2 heterocycles. The van der Waals surface area contributed by atoms with E-state index in [4.69, 9.17) is 23.5 Å². The molecular weight excluding hydrogens is 358 g/mol. The zero-order chi connectivity index (χ0) is 16.4. The van der Waals surface area contributed by atoms with Gasteiger partial charge in [0, 0.05) is 16.8 Å². The minimum atomic E-state index is -4.35. The molecule has 0 saturated carbocycles. The molecule has 0 spiro atoms. The summed E-state index contributed by atoms with van der Waals surface area (Å²) >= 11 is 1.49. The number of rotatable bonds is 5. The van der Waals surface area contributed by atoms with Gasteiger partial charge in [-0.1, -0.05) is 0 Å². The van der Waals surface area contributed by atoms with E-state index in [0.717, 1.165) is 5.75 Å². The van der Waals surface area contributed by atoms with Crippen molar-refractivity contribution in [1.29, 1.82) is 0 Å². The number of methoxy groups -OCH3 is 1. The topological polar surface area (TPSA) is 126 Å². The normalized spacial score (nSPS) is 16.2. The molecule has 1 aliphatic heterocycles. The summed E-state index contributed by atoms with van der Waals surface area (Å²) in [5.74, 6) is 1.82. The third kappa shape index (κ3) is 3.90. The molecule has 2 aromatic rings. The first-order valence-electron chi connectivity index (χ1n) is 6.61. The molecule has 4 N–H and O–H groups in total. The fourth-order valence-corrected chi connectivity index (χ4v) is 3.39. The summed E-state index contributed by atoms with van der Waals surface area (Å²) in [5, 5.41) is 3.72. The lowest BCUT2D eigenvalue weighted by Crippen LogP contribution is -2.34. The van der Waals surface area contributed by atoms with Crippen LogP contribution >= 0.6 is 11.3 Å². The van der Waals surface area contributed by atoms with Crippen LogP contribution in [0.1, 0.15) is 0 Å². The van der Waals surface area contributed by atoms with Crippen molar-refractivity contribution in [2.75, 3.05) is 20.3 Å². The van der Waals surface area contributed by atoms with Gasteiger partial charge in [-0.15, -0.1) is 11.3 Å². The van der Waals surface area contributed by atoms with E-state index in [1.54, 1.807) is 0 Å². The number of thiophene rings is 1. The molecule has 0 radical (unpaired) electrons. The predicted molar refractivity (Wildman–Crippen MR) is 87.6 cm³/mol. The van der Waals surface area contributed by atoms with Gasteiger partial charge in [-0.25, -0.2) is 0 Å². The van der Waals surface area contributed by atoms with Gasteiger partial charge in [0.15, 0.2) is 17.6 Å². The Bertz CT molecular complexity index is 803. The fraction of sp³-hybridized carbons (Fsp3) is 0.286. The van der Waals surface area contributed by atoms with Crippen LogP contribution in [-0.4, -0.2) is 39.4 Å². The van der Waals surface area contributed by atoms with E-state index in [2.05, 4.69) is 0 Å². The average Bonchev–Trinajstić information content (AvgIpc) is 2.99. The van der Waals surface area contributed by atoms with E-state index in [0.29, 0.717) is 18.1 Å². The number of benzene rings is 1. The Morgan fingerprint density at radius 2 is 2.08 bits per heavy atom. The Morgan fingerprint density at radius 1 is 1.33 bits per heavy atom.